The summed E-state index contributed by atoms with van der Waals surface area (Å²) in [5, 5.41) is 0. The summed E-state index contributed by atoms with van der Waals surface area (Å²) in [6.45, 7) is 4.16. The maximum Gasteiger partial charge on any atom is 0.303 e. The fourth-order valence-electron chi connectivity index (χ4n) is 3.48. The van der Waals surface area contributed by atoms with Gasteiger partial charge in [0.2, 0.25) is 0 Å². The first kappa shape index (κ1) is 15.8. The van der Waals surface area contributed by atoms with Crippen molar-refractivity contribution >= 4 is 5.97 Å². The number of rotatable bonds is 4. The summed E-state index contributed by atoms with van der Waals surface area (Å²) in [6, 6.07) is 20.6. The lowest BCUT2D eigenvalue weighted by Gasteiger charge is -2.42. The number of nitrogens with zero attached hydrogens (tertiary/aromatic N) is 1. The van der Waals surface area contributed by atoms with Gasteiger partial charge in [0.15, 0.2) is 0 Å². The van der Waals surface area contributed by atoms with Crippen LogP contribution in [-0.2, 0) is 21.7 Å². The van der Waals surface area contributed by atoms with E-state index >= 15 is 0 Å². The van der Waals surface area contributed by atoms with Crippen LogP contribution in [-0.4, -0.2) is 24.0 Å². The molecule has 0 N–H and O–H groups in total. The molecule has 0 radical (unpaired) electrons. The summed E-state index contributed by atoms with van der Waals surface area (Å²) in [4.78, 5) is 14.1. The molecule has 3 nitrogen and oxygen atoms in total. The Morgan fingerprint density at radius 1 is 1.09 bits per heavy atom. The predicted molar refractivity (Wildman–Crippen MR) is 90.8 cm³/mol. The van der Waals surface area contributed by atoms with Gasteiger partial charge in [-0.25, -0.2) is 0 Å². The molecule has 1 aliphatic rings. The molecular formula is C20H23NO2. The Hall–Kier alpha value is -2.13. The van der Waals surface area contributed by atoms with E-state index in [2.05, 4.69) is 41.3 Å². The fourth-order valence-corrected chi connectivity index (χ4v) is 3.48. The monoisotopic (exact) mass is 309 g/mol. The van der Waals surface area contributed by atoms with Crippen LogP contribution in [0.15, 0.2) is 60.7 Å². The van der Waals surface area contributed by atoms with Crippen molar-refractivity contribution in [3.05, 3.63) is 71.8 Å². The van der Waals surface area contributed by atoms with Crippen LogP contribution in [0.25, 0.3) is 0 Å². The van der Waals surface area contributed by atoms with Crippen molar-refractivity contribution in [2.75, 3.05) is 13.1 Å². The SMILES string of the molecule is CC(=O)OC1(c2ccccc2)CCCN(Cc2ccccc2)C1. The molecular weight excluding hydrogens is 286 g/mol. The quantitative estimate of drug-likeness (QED) is 0.806. The van der Waals surface area contributed by atoms with Gasteiger partial charge in [0.05, 0.1) is 0 Å². The molecule has 3 heteroatoms. The van der Waals surface area contributed by atoms with Gasteiger partial charge in [-0.3, -0.25) is 9.69 Å². The number of esters is 1. The maximum absolute atomic E-state index is 11.7. The summed E-state index contributed by atoms with van der Waals surface area (Å²) < 4.78 is 5.85. The van der Waals surface area contributed by atoms with Gasteiger partial charge < -0.3 is 4.74 Å². The van der Waals surface area contributed by atoms with E-state index in [1.165, 1.54) is 12.5 Å². The van der Waals surface area contributed by atoms with Crippen molar-refractivity contribution in [1.29, 1.82) is 0 Å². The molecule has 1 heterocycles. The van der Waals surface area contributed by atoms with Crippen LogP contribution in [0.4, 0.5) is 0 Å². The Labute approximate surface area is 137 Å². The molecule has 0 amide bonds. The largest absolute Gasteiger partial charge is 0.453 e. The molecule has 1 unspecified atom stereocenters. The van der Waals surface area contributed by atoms with Crippen molar-refractivity contribution in [2.45, 2.75) is 31.9 Å². The van der Waals surface area contributed by atoms with Gasteiger partial charge in [-0.2, -0.15) is 0 Å². The van der Waals surface area contributed by atoms with Gasteiger partial charge in [0.1, 0.15) is 5.60 Å². The first-order chi connectivity index (χ1) is 11.2. The molecule has 1 fully saturated rings. The van der Waals surface area contributed by atoms with Crippen LogP contribution in [0.1, 0.15) is 30.9 Å². The molecule has 0 aliphatic carbocycles. The molecule has 2 aromatic rings. The van der Waals surface area contributed by atoms with Crippen LogP contribution >= 0.6 is 0 Å². The Morgan fingerprint density at radius 2 is 1.74 bits per heavy atom. The van der Waals surface area contributed by atoms with Crippen LogP contribution in [0.5, 0.6) is 0 Å². The summed E-state index contributed by atoms with van der Waals surface area (Å²) >= 11 is 0. The highest BCUT2D eigenvalue weighted by Crippen LogP contribution is 2.36. The smallest absolute Gasteiger partial charge is 0.303 e. The third-order valence-electron chi connectivity index (χ3n) is 4.42. The summed E-state index contributed by atoms with van der Waals surface area (Å²) in [5.41, 5.74) is 1.85. The standard InChI is InChI=1S/C20H23NO2/c1-17(22)23-20(19-11-6-3-7-12-19)13-8-14-21(16-20)15-18-9-4-2-5-10-18/h2-7,9-12H,8,13-16H2,1H3. The van der Waals surface area contributed by atoms with Crippen LogP contribution in [0.2, 0.25) is 0 Å². The Morgan fingerprint density at radius 3 is 2.39 bits per heavy atom. The number of hydrogen-bond acceptors (Lipinski definition) is 3. The minimum atomic E-state index is -0.528. The molecule has 2 aromatic carbocycles. The lowest BCUT2D eigenvalue weighted by Crippen LogP contribution is -2.48. The zero-order valence-electron chi connectivity index (χ0n) is 13.6. The van der Waals surface area contributed by atoms with E-state index in [-0.39, 0.29) is 5.97 Å². The third-order valence-corrected chi connectivity index (χ3v) is 4.42. The zero-order valence-corrected chi connectivity index (χ0v) is 13.6. The molecule has 0 bridgehead atoms. The highest BCUT2D eigenvalue weighted by atomic mass is 16.6. The lowest BCUT2D eigenvalue weighted by molar-refractivity contribution is -0.165. The summed E-state index contributed by atoms with van der Waals surface area (Å²) in [7, 11) is 0. The van der Waals surface area contributed by atoms with E-state index in [0.717, 1.165) is 38.0 Å². The maximum atomic E-state index is 11.7. The van der Waals surface area contributed by atoms with Gasteiger partial charge in [-0.05, 0) is 30.5 Å². The highest BCUT2D eigenvalue weighted by molar-refractivity contribution is 5.67. The number of benzene rings is 2. The number of hydrogen-bond donors (Lipinski definition) is 0. The van der Waals surface area contributed by atoms with Crippen LogP contribution in [0.3, 0.4) is 0 Å². The Bertz CT molecular complexity index is 641. The first-order valence-corrected chi connectivity index (χ1v) is 8.19. The number of piperidine rings is 1. The third kappa shape index (κ3) is 3.80. The first-order valence-electron chi connectivity index (χ1n) is 8.19. The molecule has 1 aliphatic heterocycles. The van der Waals surface area contributed by atoms with Gasteiger partial charge >= 0.3 is 5.97 Å². The second-order valence-electron chi connectivity index (χ2n) is 6.25. The van der Waals surface area contributed by atoms with Gasteiger partial charge in [0.25, 0.3) is 0 Å². The van der Waals surface area contributed by atoms with E-state index in [1.54, 1.807) is 0 Å². The number of likely N-dealkylation sites (tertiary alicyclic amines) is 1. The summed E-state index contributed by atoms with van der Waals surface area (Å²) in [6.07, 6.45) is 1.90. The van der Waals surface area contributed by atoms with E-state index in [0.29, 0.717) is 0 Å². The minimum Gasteiger partial charge on any atom is -0.453 e. The number of ether oxygens (including phenoxy) is 1. The fraction of sp³-hybridized carbons (Fsp3) is 0.350. The van der Waals surface area contributed by atoms with Crippen molar-refractivity contribution in [1.82, 2.24) is 4.90 Å². The number of carbonyl (C=O) groups excluding carboxylic acids is 1. The van der Waals surface area contributed by atoms with E-state index in [1.807, 2.05) is 24.3 Å². The van der Waals surface area contributed by atoms with Crippen molar-refractivity contribution in [3.8, 4) is 0 Å². The molecule has 0 aromatic heterocycles. The predicted octanol–water partition coefficient (Wildman–Crippen LogP) is 3.74. The van der Waals surface area contributed by atoms with Gasteiger partial charge in [-0.1, -0.05) is 60.7 Å². The van der Waals surface area contributed by atoms with Crippen molar-refractivity contribution < 1.29 is 9.53 Å². The van der Waals surface area contributed by atoms with Gasteiger partial charge in [0, 0.05) is 20.0 Å². The van der Waals surface area contributed by atoms with E-state index < -0.39 is 5.60 Å². The Balaban J connectivity index is 1.83. The average Bonchev–Trinajstić information content (AvgIpc) is 2.56. The van der Waals surface area contributed by atoms with Gasteiger partial charge in [-0.15, -0.1) is 0 Å². The summed E-state index contributed by atoms with van der Waals surface area (Å²) in [5.74, 6) is -0.213. The van der Waals surface area contributed by atoms with Crippen molar-refractivity contribution in [3.63, 3.8) is 0 Å². The topological polar surface area (TPSA) is 29.5 Å². The average molecular weight is 309 g/mol. The molecule has 1 saturated heterocycles. The van der Waals surface area contributed by atoms with E-state index in [9.17, 15) is 4.79 Å². The molecule has 0 spiro atoms. The number of carbonyl (C=O) groups is 1. The van der Waals surface area contributed by atoms with E-state index in [4.69, 9.17) is 4.74 Å². The normalized spacial score (nSPS) is 21.8. The lowest BCUT2D eigenvalue weighted by atomic mass is 9.85. The Kier molecular flexibility index (Phi) is 4.77. The molecule has 3 rings (SSSR count). The zero-order chi connectivity index (χ0) is 16.1. The van der Waals surface area contributed by atoms with Crippen LogP contribution < -0.4 is 0 Å². The molecule has 120 valence electrons. The molecule has 23 heavy (non-hydrogen) atoms. The molecule has 1 atom stereocenters. The van der Waals surface area contributed by atoms with Crippen molar-refractivity contribution in [2.24, 2.45) is 0 Å². The highest BCUT2D eigenvalue weighted by Gasteiger charge is 2.40. The molecule has 0 saturated carbocycles. The minimum absolute atomic E-state index is 0.213. The van der Waals surface area contributed by atoms with Crippen LogP contribution in [0, 0.1) is 0 Å². The second-order valence-corrected chi connectivity index (χ2v) is 6.25. The second kappa shape index (κ2) is 6.97.